The molecule has 21 heavy (non-hydrogen) atoms. The summed E-state index contributed by atoms with van der Waals surface area (Å²) in [4.78, 5) is 11.7. The van der Waals surface area contributed by atoms with Gasteiger partial charge in [0.05, 0.1) is 6.10 Å². The number of ketones is 1. The normalized spacial score (nSPS) is 57.7. The van der Waals surface area contributed by atoms with Gasteiger partial charge in [-0.3, -0.25) is 4.79 Å². The topological polar surface area (TPSA) is 37.3 Å². The maximum absolute atomic E-state index is 11.7. The molecule has 0 aromatic carbocycles. The van der Waals surface area contributed by atoms with Crippen molar-refractivity contribution >= 4 is 5.78 Å². The van der Waals surface area contributed by atoms with E-state index in [9.17, 15) is 9.90 Å². The van der Waals surface area contributed by atoms with E-state index in [0.717, 1.165) is 43.4 Å². The highest BCUT2D eigenvalue weighted by Crippen LogP contribution is 2.81. The molecule has 0 aromatic rings. The fourth-order valence-corrected chi connectivity index (χ4v) is 7.40. The Labute approximate surface area is 127 Å². The summed E-state index contributed by atoms with van der Waals surface area (Å²) in [7, 11) is 0. The SMILES string of the molecule is C[C@]12CC[C@H]3[C@@H](CCC4=CC(=O)CC[C@@H]43)C13CC3CC2O. The van der Waals surface area contributed by atoms with Gasteiger partial charge in [-0.1, -0.05) is 12.5 Å². The summed E-state index contributed by atoms with van der Waals surface area (Å²) in [5.41, 5.74) is 2.15. The summed E-state index contributed by atoms with van der Waals surface area (Å²) in [6.07, 6.45) is 11.2. The number of hydrogen-bond donors (Lipinski definition) is 1. The van der Waals surface area contributed by atoms with Crippen LogP contribution in [0.5, 0.6) is 0 Å². The van der Waals surface area contributed by atoms with Crippen molar-refractivity contribution in [2.45, 2.75) is 64.4 Å². The van der Waals surface area contributed by atoms with Gasteiger partial charge in [0.25, 0.3) is 0 Å². The first-order chi connectivity index (χ1) is 10.1. The summed E-state index contributed by atoms with van der Waals surface area (Å²) in [6, 6.07) is 0. The molecule has 2 heteroatoms. The Morgan fingerprint density at radius 1 is 1.24 bits per heavy atom. The van der Waals surface area contributed by atoms with E-state index in [1.54, 1.807) is 0 Å². The molecule has 5 rings (SSSR count). The molecule has 2 nitrogen and oxygen atoms in total. The van der Waals surface area contributed by atoms with Crippen LogP contribution in [0.4, 0.5) is 0 Å². The molecule has 114 valence electrons. The number of rotatable bonds is 0. The highest BCUT2D eigenvalue weighted by molar-refractivity contribution is 5.91. The predicted molar refractivity (Wildman–Crippen MR) is 80.5 cm³/mol. The molecule has 7 atom stereocenters. The van der Waals surface area contributed by atoms with Crippen molar-refractivity contribution in [2.75, 3.05) is 0 Å². The van der Waals surface area contributed by atoms with Gasteiger partial charge in [-0.15, -0.1) is 0 Å². The lowest BCUT2D eigenvalue weighted by molar-refractivity contribution is -0.116. The van der Waals surface area contributed by atoms with Gasteiger partial charge in [0.2, 0.25) is 0 Å². The van der Waals surface area contributed by atoms with Gasteiger partial charge in [-0.2, -0.15) is 0 Å². The average Bonchev–Trinajstić information content (AvgIpc) is 3.12. The Morgan fingerprint density at radius 2 is 2.10 bits per heavy atom. The fraction of sp³-hybridized carbons (Fsp3) is 0.842. The van der Waals surface area contributed by atoms with Gasteiger partial charge < -0.3 is 5.11 Å². The quantitative estimate of drug-likeness (QED) is 0.740. The minimum absolute atomic E-state index is 0.0536. The standard InChI is InChI=1S/C19H26O2/c1-18-7-6-15-14-4-3-13(20)8-11(14)2-5-16(15)19(18)10-12(19)9-17(18)21/h8,12,14-17,21H,2-7,9-10H2,1H3/t12?,14-,15+,16+,17?,18+,19?/m0/s1. The molecule has 1 N–H and O–H groups in total. The third-order valence-corrected chi connectivity index (χ3v) is 8.42. The molecule has 0 radical (unpaired) electrons. The maximum atomic E-state index is 11.7. The first-order valence-corrected chi connectivity index (χ1v) is 8.97. The monoisotopic (exact) mass is 286 g/mol. The van der Waals surface area contributed by atoms with E-state index in [1.165, 1.54) is 31.3 Å². The number of carbonyl (C=O) groups excluding carboxylic acids is 1. The van der Waals surface area contributed by atoms with E-state index in [0.29, 0.717) is 17.1 Å². The predicted octanol–water partition coefficient (Wildman–Crippen LogP) is 3.49. The lowest BCUT2D eigenvalue weighted by Gasteiger charge is -2.55. The highest BCUT2D eigenvalue weighted by atomic mass is 16.3. The molecule has 0 heterocycles. The van der Waals surface area contributed by atoms with Crippen molar-refractivity contribution in [3.63, 3.8) is 0 Å². The summed E-state index contributed by atoms with van der Waals surface area (Å²) >= 11 is 0. The van der Waals surface area contributed by atoms with Crippen LogP contribution in [-0.4, -0.2) is 17.0 Å². The lowest BCUT2D eigenvalue weighted by Crippen LogP contribution is -2.50. The molecule has 4 saturated carbocycles. The molecular formula is C19H26O2. The molecule has 5 aliphatic carbocycles. The summed E-state index contributed by atoms with van der Waals surface area (Å²) in [5.74, 6) is 3.50. The number of hydrogen-bond acceptors (Lipinski definition) is 2. The zero-order valence-electron chi connectivity index (χ0n) is 13.0. The van der Waals surface area contributed by atoms with Crippen LogP contribution in [0.1, 0.15) is 58.3 Å². The summed E-state index contributed by atoms with van der Waals surface area (Å²) < 4.78 is 0. The summed E-state index contributed by atoms with van der Waals surface area (Å²) in [5, 5.41) is 10.6. The third-order valence-electron chi connectivity index (χ3n) is 8.42. The van der Waals surface area contributed by atoms with E-state index >= 15 is 0 Å². The highest BCUT2D eigenvalue weighted by Gasteiger charge is 2.76. The van der Waals surface area contributed by atoms with Crippen molar-refractivity contribution in [1.82, 2.24) is 0 Å². The number of aliphatic hydroxyl groups excluding tert-OH is 1. The zero-order chi connectivity index (χ0) is 14.4. The van der Waals surface area contributed by atoms with E-state index < -0.39 is 0 Å². The molecule has 5 aliphatic rings. The molecule has 0 amide bonds. The Morgan fingerprint density at radius 3 is 2.95 bits per heavy atom. The van der Waals surface area contributed by atoms with Gasteiger partial charge in [0, 0.05) is 6.42 Å². The van der Waals surface area contributed by atoms with Crippen LogP contribution in [0.15, 0.2) is 11.6 Å². The molecule has 1 spiro atoms. The Kier molecular flexibility index (Phi) is 2.34. The van der Waals surface area contributed by atoms with Gasteiger partial charge in [0.1, 0.15) is 0 Å². The average molecular weight is 286 g/mol. The molecule has 0 aliphatic heterocycles. The van der Waals surface area contributed by atoms with E-state index in [2.05, 4.69) is 6.92 Å². The Balaban J connectivity index is 1.53. The van der Waals surface area contributed by atoms with Crippen molar-refractivity contribution in [1.29, 1.82) is 0 Å². The van der Waals surface area contributed by atoms with Crippen LogP contribution in [0.25, 0.3) is 0 Å². The second-order valence-corrected chi connectivity index (χ2v) is 8.79. The van der Waals surface area contributed by atoms with Crippen LogP contribution in [0, 0.1) is 34.5 Å². The van der Waals surface area contributed by atoms with Crippen molar-refractivity contribution < 1.29 is 9.90 Å². The number of aliphatic hydroxyl groups is 1. The smallest absolute Gasteiger partial charge is 0.155 e. The summed E-state index contributed by atoms with van der Waals surface area (Å²) in [6.45, 7) is 2.39. The number of carbonyl (C=O) groups is 1. The largest absolute Gasteiger partial charge is 0.393 e. The molecule has 0 bridgehead atoms. The number of allylic oxidation sites excluding steroid dienone is 1. The van der Waals surface area contributed by atoms with Crippen LogP contribution < -0.4 is 0 Å². The second kappa shape index (κ2) is 3.82. The molecule has 3 unspecified atom stereocenters. The number of fused-ring (bicyclic) bond motifs is 3. The Bertz CT molecular complexity index is 550. The molecule has 4 fully saturated rings. The van der Waals surface area contributed by atoms with Crippen LogP contribution in [0.3, 0.4) is 0 Å². The second-order valence-electron chi connectivity index (χ2n) is 8.79. The van der Waals surface area contributed by atoms with Crippen LogP contribution in [-0.2, 0) is 4.79 Å². The van der Waals surface area contributed by atoms with Crippen LogP contribution in [0.2, 0.25) is 0 Å². The maximum Gasteiger partial charge on any atom is 0.155 e. The molecular weight excluding hydrogens is 260 g/mol. The van der Waals surface area contributed by atoms with Gasteiger partial charge in [0.15, 0.2) is 5.78 Å². The third kappa shape index (κ3) is 1.37. The van der Waals surface area contributed by atoms with Crippen molar-refractivity contribution in [2.24, 2.45) is 34.5 Å². The van der Waals surface area contributed by atoms with E-state index in [4.69, 9.17) is 0 Å². The van der Waals surface area contributed by atoms with Gasteiger partial charge in [-0.25, -0.2) is 0 Å². The fourth-order valence-electron chi connectivity index (χ4n) is 7.40. The zero-order valence-corrected chi connectivity index (χ0v) is 13.0. The first kappa shape index (κ1) is 12.9. The van der Waals surface area contributed by atoms with Gasteiger partial charge in [-0.05, 0) is 85.5 Å². The first-order valence-electron chi connectivity index (χ1n) is 8.97. The van der Waals surface area contributed by atoms with E-state index in [1.807, 2.05) is 6.08 Å². The Hall–Kier alpha value is -0.630. The van der Waals surface area contributed by atoms with E-state index in [-0.39, 0.29) is 11.5 Å². The van der Waals surface area contributed by atoms with Crippen molar-refractivity contribution in [3.05, 3.63) is 11.6 Å². The molecule has 0 aromatic heterocycles. The minimum atomic E-state index is -0.0536. The van der Waals surface area contributed by atoms with Gasteiger partial charge >= 0.3 is 0 Å². The molecule has 0 saturated heterocycles. The van der Waals surface area contributed by atoms with Crippen LogP contribution >= 0.6 is 0 Å². The lowest BCUT2D eigenvalue weighted by atomic mass is 9.49. The van der Waals surface area contributed by atoms with Crippen molar-refractivity contribution in [3.8, 4) is 0 Å². The minimum Gasteiger partial charge on any atom is -0.393 e.